The van der Waals surface area contributed by atoms with Gasteiger partial charge in [-0.15, -0.1) is 0 Å². The van der Waals surface area contributed by atoms with Crippen molar-refractivity contribution >= 4 is 5.78 Å². The number of hydrogen-bond donors (Lipinski definition) is 1. The van der Waals surface area contributed by atoms with Gasteiger partial charge in [0.1, 0.15) is 0 Å². The lowest BCUT2D eigenvalue weighted by molar-refractivity contribution is 0.0921. The lowest BCUT2D eigenvalue weighted by Crippen LogP contribution is -2.18. The number of rotatable bonds is 2. The number of aryl methyl sites for hydroxylation is 1. The molecule has 3 nitrogen and oxygen atoms in total. The molecule has 2 rings (SSSR count). The second-order valence-electron chi connectivity index (χ2n) is 4.32. The third-order valence-electron chi connectivity index (χ3n) is 3.15. The predicted molar refractivity (Wildman–Crippen MR) is 58.6 cm³/mol. The molecule has 1 heterocycles. The number of carbonyl (C=O) groups excluding carboxylic acids is 1. The van der Waals surface area contributed by atoms with Crippen LogP contribution in [0.4, 0.5) is 0 Å². The van der Waals surface area contributed by atoms with Crippen LogP contribution in [0.15, 0.2) is 18.5 Å². The van der Waals surface area contributed by atoms with Crippen LogP contribution in [0.5, 0.6) is 0 Å². The third-order valence-corrected chi connectivity index (χ3v) is 3.15. The highest BCUT2D eigenvalue weighted by atomic mass is 16.1. The van der Waals surface area contributed by atoms with Crippen LogP contribution in [0.1, 0.15) is 35.2 Å². The Labute approximate surface area is 89.7 Å². The largest absolute Gasteiger partial charge is 0.328 e. The minimum atomic E-state index is 0.114. The fourth-order valence-corrected chi connectivity index (χ4v) is 2.20. The van der Waals surface area contributed by atoms with E-state index in [1.807, 2.05) is 13.0 Å². The van der Waals surface area contributed by atoms with Gasteiger partial charge in [-0.2, -0.15) is 0 Å². The van der Waals surface area contributed by atoms with Crippen molar-refractivity contribution < 1.29 is 4.79 Å². The summed E-state index contributed by atoms with van der Waals surface area (Å²) in [6.45, 7) is 1.95. The number of ketones is 1. The Morgan fingerprint density at radius 2 is 2.33 bits per heavy atom. The van der Waals surface area contributed by atoms with Gasteiger partial charge in [-0.05, 0) is 37.8 Å². The molecule has 1 aliphatic carbocycles. The molecule has 0 bridgehead atoms. The molecule has 2 atom stereocenters. The molecule has 2 unspecified atom stereocenters. The summed E-state index contributed by atoms with van der Waals surface area (Å²) in [5.41, 5.74) is 7.58. The second kappa shape index (κ2) is 4.11. The van der Waals surface area contributed by atoms with Crippen LogP contribution in [-0.4, -0.2) is 16.8 Å². The van der Waals surface area contributed by atoms with Gasteiger partial charge in [0.05, 0.1) is 0 Å². The van der Waals surface area contributed by atoms with Crippen molar-refractivity contribution in [3.8, 4) is 0 Å². The number of carbonyl (C=O) groups is 1. The molecule has 0 spiro atoms. The average Bonchev–Trinajstić information content (AvgIpc) is 2.65. The molecule has 1 aromatic rings. The van der Waals surface area contributed by atoms with Crippen molar-refractivity contribution in [1.29, 1.82) is 0 Å². The minimum Gasteiger partial charge on any atom is -0.328 e. The predicted octanol–water partition coefficient (Wildman–Crippen LogP) is 1.70. The van der Waals surface area contributed by atoms with E-state index in [0.29, 0.717) is 0 Å². The summed E-state index contributed by atoms with van der Waals surface area (Å²) in [6, 6.07) is 2.08. The molecule has 3 heteroatoms. The summed E-state index contributed by atoms with van der Waals surface area (Å²) >= 11 is 0. The van der Waals surface area contributed by atoms with E-state index in [1.165, 1.54) is 0 Å². The van der Waals surface area contributed by atoms with Gasteiger partial charge in [-0.25, -0.2) is 0 Å². The van der Waals surface area contributed by atoms with Gasteiger partial charge in [0.25, 0.3) is 0 Å². The molecule has 80 valence electrons. The van der Waals surface area contributed by atoms with E-state index in [2.05, 4.69) is 4.98 Å². The lowest BCUT2D eigenvalue weighted by atomic mass is 9.95. The van der Waals surface area contributed by atoms with Crippen molar-refractivity contribution in [2.24, 2.45) is 11.7 Å². The summed E-state index contributed by atoms with van der Waals surface area (Å²) in [7, 11) is 0. The molecule has 0 radical (unpaired) electrons. The first-order chi connectivity index (χ1) is 7.18. The third kappa shape index (κ3) is 2.07. The van der Waals surface area contributed by atoms with Gasteiger partial charge in [0.2, 0.25) is 0 Å². The number of aromatic nitrogens is 1. The van der Waals surface area contributed by atoms with Crippen LogP contribution in [0, 0.1) is 12.8 Å². The van der Waals surface area contributed by atoms with Crippen LogP contribution in [0.2, 0.25) is 0 Å². The molecule has 1 fully saturated rings. The van der Waals surface area contributed by atoms with Crippen LogP contribution in [0.25, 0.3) is 0 Å². The molecule has 1 aromatic heterocycles. The molecule has 1 saturated carbocycles. The summed E-state index contributed by atoms with van der Waals surface area (Å²) in [4.78, 5) is 16.1. The second-order valence-corrected chi connectivity index (χ2v) is 4.32. The van der Waals surface area contributed by atoms with Crippen molar-refractivity contribution in [3.05, 3.63) is 29.6 Å². The summed E-state index contributed by atoms with van der Waals surface area (Å²) in [5.74, 6) is 0.330. The zero-order chi connectivity index (χ0) is 10.8. The zero-order valence-corrected chi connectivity index (χ0v) is 8.94. The van der Waals surface area contributed by atoms with Crippen molar-refractivity contribution in [1.82, 2.24) is 4.98 Å². The fourth-order valence-electron chi connectivity index (χ4n) is 2.20. The van der Waals surface area contributed by atoms with E-state index >= 15 is 0 Å². The smallest absolute Gasteiger partial charge is 0.167 e. The highest BCUT2D eigenvalue weighted by Gasteiger charge is 2.29. The molecule has 2 N–H and O–H groups in total. The first-order valence-corrected chi connectivity index (χ1v) is 5.39. The van der Waals surface area contributed by atoms with Crippen molar-refractivity contribution in [2.75, 3.05) is 0 Å². The molecule has 1 aliphatic rings. The topological polar surface area (TPSA) is 56.0 Å². The molecule has 0 aliphatic heterocycles. The van der Waals surface area contributed by atoms with Gasteiger partial charge in [-0.1, -0.05) is 0 Å². The van der Waals surface area contributed by atoms with E-state index < -0.39 is 0 Å². The Morgan fingerprint density at radius 1 is 1.53 bits per heavy atom. The fraction of sp³-hybridized carbons (Fsp3) is 0.500. The molecule has 0 aromatic carbocycles. The minimum absolute atomic E-state index is 0.114. The summed E-state index contributed by atoms with van der Waals surface area (Å²) < 4.78 is 0. The number of pyridine rings is 1. The van der Waals surface area contributed by atoms with Crippen LogP contribution < -0.4 is 5.73 Å². The van der Waals surface area contributed by atoms with E-state index in [9.17, 15) is 4.79 Å². The Hall–Kier alpha value is -1.22. The SMILES string of the molecule is Cc1ccncc1C(=O)C1CCC(N)C1. The quantitative estimate of drug-likeness (QED) is 0.746. The van der Waals surface area contributed by atoms with Crippen LogP contribution in [0.3, 0.4) is 0 Å². The lowest BCUT2D eigenvalue weighted by Gasteiger charge is -2.09. The Balaban J connectivity index is 2.18. The normalized spacial score (nSPS) is 25.5. The number of hydrogen-bond acceptors (Lipinski definition) is 3. The highest BCUT2D eigenvalue weighted by Crippen LogP contribution is 2.28. The molecular formula is C12H16N2O. The summed E-state index contributed by atoms with van der Waals surface area (Å²) in [5, 5.41) is 0. The van der Waals surface area contributed by atoms with E-state index in [1.54, 1.807) is 12.4 Å². The zero-order valence-electron chi connectivity index (χ0n) is 8.94. The number of nitrogens with zero attached hydrogens (tertiary/aromatic N) is 1. The maximum Gasteiger partial charge on any atom is 0.167 e. The average molecular weight is 204 g/mol. The van der Waals surface area contributed by atoms with E-state index in [-0.39, 0.29) is 17.7 Å². The van der Waals surface area contributed by atoms with Gasteiger partial charge in [0, 0.05) is 29.9 Å². The van der Waals surface area contributed by atoms with Crippen LogP contribution in [-0.2, 0) is 0 Å². The van der Waals surface area contributed by atoms with E-state index in [4.69, 9.17) is 5.73 Å². The van der Waals surface area contributed by atoms with Gasteiger partial charge in [0.15, 0.2) is 5.78 Å². The molecular weight excluding hydrogens is 188 g/mol. The molecule has 0 saturated heterocycles. The van der Waals surface area contributed by atoms with Crippen molar-refractivity contribution in [2.45, 2.75) is 32.2 Å². The first kappa shape index (κ1) is 10.3. The van der Waals surface area contributed by atoms with Crippen LogP contribution >= 0.6 is 0 Å². The van der Waals surface area contributed by atoms with Gasteiger partial charge >= 0.3 is 0 Å². The Kier molecular flexibility index (Phi) is 2.82. The Morgan fingerprint density at radius 3 is 2.93 bits per heavy atom. The van der Waals surface area contributed by atoms with Gasteiger partial charge in [-0.3, -0.25) is 9.78 Å². The summed E-state index contributed by atoms with van der Waals surface area (Å²) in [6.07, 6.45) is 6.10. The maximum atomic E-state index is 12.1. The van der Waals surface area contributed by atoms with Crippen molar-refractivity contribution in [3.63, 3.8) is 0 Å². The van der Waals surface area contributed by atoms with Gasteiger partial charge < -0.3 is 5.73 Å². The number of nitrogens with two attached hydrogens (primary N) is 1. The maximum absolute atomic E-state index is 12.1. The molecule has 15 heavy (non-hydrogen) atoms. The first-order valence-electron chi connectivity index (χ1n) is 5.39. The monoisotopic (exact) mass is 204 g/mol. The number of Topliss-reactive ketones (excluding diaryl/α,β-unsaturated/α-hetero) is 1. The highest BCUT2D eigenvalue weighted by molar-refractivity contribution is 5.99. The standard InChI is InChI=1S/C12H16N2O/c1-8-4-5-14-7-11(8)12(15)9-2-3-10(13)6-9/h4-5,7,9-10H,2-3,6,13H2,1H3. The van der Waals surface area contributed by atoms with E-state index in [0.717, 1.165) is 30.4 Å². The Bertz CT molecular complexity index is 376. The molecule has 0 amide bonds.